The SMILES string of the molecule is CC(C)C(C)c1ccc2c(C(F)(F)F)cccc2n1.CCC. The summed E-state index contributed by atoms with van der Waals surface area (Å²) in [7, 11) is 0. The molecule has 0 bridgehead atoms. The van der Waals surface area contributed by atoms with Gasteiger partial charge in [-0.15, -0.1) is 0 Å². The van der Waals surface area contributed by atoms with Gasteiger partial charge in [0.15, 0.2) is 0 Å². The molecular weight excluding hydrogens is 287 g/mol. The monoisotopic (exact) mass is 311 g/mol. The van der Waals surface area contributed by atoms with Gasteiger partial charge in [-0.1, -0.05) is 53.2 Å². The van der Waals surface area contributed by atoms with Gasteiger partial charge in [0.1, 0.15) is 0 Å². The number of rotatable bonds is 2. The molecule has 1 heterocycles. The van der Waals surface area contributed by atoms with Crippen molar-refractivity contribution in [3.8, 4) is 0 Å². The maximum Gasteiger partial charge on any atom is 0.417 e. The van der Waals surface area contributed by atoms with Crippen LogP contribution in [0.25, 0.3) is 10.9 Å². The summed E-state index contributed by atoms with van der Waals surface area (Å²) in [5, 5.41) is 0.162. The summed E-state index contributed by atoms with van der Waals surface area (Å²) in [4.78, 5) is 4.37. The van der Waals surface area contributed by atoms with E-state index in [1.165, 1.54) is 18.6 Å². The first kappa shape index (κ1) is 18.5. The summed E-state index contributed by atoms with van der Waals surface area (Å²) in [6.07, 6.45) is -3.09. The molecule has 0 radical (unpaired) electrons. The molecule has 0 aliphatic carbocycles. The normalized spacial score (nSPS) is 13.0. The Balaban J connectivity index is 0.000000745. The summed E-state index contributed by atoms with van der Waals surface area (Å²) in [5.74, 6) is 0.620. The first-order valence-electron chi connectivity index (χ1n) is 7.69. The van der Waals surface area contributed by atoms with Crippen molar-refractivity contribution in [1.29, 1.82) is 0 Å². The van der Waals surface area contributed by atoms with E-state index in [9.17, 15) is 13.2 Å². The number of benzene rings is 1. The fraction of sp³-hybridized carbons (Fsp3) is 0.500. The number of aromatic nitrogens is 1. The summed E-state index contributed by atoms with van der Waals surface area (Å²) in [5.41, 5.74) is 0.614. The minimum absolute atomic E-state index is 0.162. The van der Waals surface area contributed by atoms with E-state index < -0.39 is 11.7 Å². The lowest BCUT2D eigenvalue weighted by Gasteiger charge is -2.16. The van der Waals surface area contributed by atoms with Crippen LogP contribution >= 0.6 is 0 Å². The quantitative estimate of drug-likeness (QED) is 0.622. The Kier molecular flexibility index (Phi) is 6.39. The number of fused-ring (bicyclic) bond motifs is 1. The number of halogens is 3. The maximum atomic E-state index is 12.9. The minimum Gasteiger partial charge on any atom is -0.253 e. The zero-order valence-electron chi connectivity index (χ0n) is 13.8. The number of nitrogens with zero attached hydrogens (tertiary/aromatic N) is 1. The molecular formula is C18H24F3N. The molecule has 0 spiro atoms. The van der Waals surface area contributed by atoms with Crippen molar-refractivity contribution in [1.82, 2.24) is 4.98 Å². The van der Waals surface area contributed by atoms with Crippen molar-refractivity contribution >= 4 is 10.9 Å². The fourth-order valence-corrected chi connectivity index (χ4v) is 2.01. The summed E-state index contributed by atoms with van der Waals surface area (Å²) in [6.45, 7) is 10.4. The molecule has 1 unspecified atom stereocenters. The van der Waals surface area contributed by atoms with Crippen LogP contribution in [0.2, 0.25) is 0 Å². The summed E-state index contributed by atoms with van der Waals surface area (Å²) >= 11 is 0. The van der Waals surface area contributed by atoms with Gasteiger partial charge >= 0.3 is 6.18 Å². The topological polar surface area (TPSA) is 12.9 Å². The van der Waals surface area contributed by atoms with Crippen LogP contribution in [0, 0.1) is 5.92 Å². The van der Waals surface area contributed by atoms with E-state index in [0.717, 1.165) is 11.8 Å². The van der Waals surface area contributed by atoms with Crippen LogP contribution in [-0.4, -0.2) is 4.98 Å². The van der Waals surface area contributed by atoms with E-state index in [1.807, 2.05) is 6.92 Å². The second-order valence-electron chi connectivity index (χ2n) is 5.85. The number of alkyl halides is 3. The fourth-order valence-electron chi connectivity index (χ4n) is 2.01. The predicted molar refractivity (Wildman–Crippen MR) is 86.0 cm³/mol. The van der Waals surface area contributed by atoms with Crippen LogP contribution in [0.4, 0.5) is 13.2 Å². The average Bonchev–Trinajstić information content (AvgIpc) is 2.45. The molecule has 1 aromatic heterocycles. The molecule has 0 N–H and O–H groups in total. The highest BCUT2D eigenvalue weighted by Crippen LogP contribution is 2.35. The summed E-state index contributed by atoms with van der Waals surface area (Å²) < 4.78 is 38.6. The largest absolute Gasteiger partial charge is 0.417 e. The first-order chi connectivity index (χ1) is 10.2. The van der Waals surface area contributed by atoms with Crippen LogP contribution in [-0.2, 0) is 6.18 Å². The third kappa shape index (κ3) is 4.46. The third-order valence-corrected chi connectivity index (χ3v) is 3.53. The Morgan fingerprint density at radius 3 is 2.09 bits per heavy atom. The first-order valence-corrected chi connectivity index (χ1v) is 7.69. The Labute approximate surface area is 130 Å². The molecule has 2 aromatic rings. The van der Waals surface area contributed by atoms with Crippen molar-refractivity contribution in [2.75, 3.05) is 0 Å². The predicted octanol–water partition coefficient (Wildman–Crippen LogP) is 6.43. The Bertz CT molecular complexity index is 603. The zero-order chi connectivity index (χ0) is 16.9. The lowest BCUT2D eigenvalue weighted by atomic mass is 9.93. The van der Waals surface area contributed by atoms with Crippen molar-refractivity contribution in [3.05, 3.63) is 41.6 Å². The molecule has 22 heavy (non-hydrogen) atoms. The Hall–Kier alpha value is -1.58. The molecule has 0 aliphatic rings. The smallest absolute Gasteiger partial charge is 0.253 e. The van der Waals surface area contributed by atoms with E-state index in [1.54, 1.807) is 12.1 Å². The summed E-state index contributed by atoms with van der Waals surface area (Å²) in [6, 6.07) is 7.35. The van der Waals surface area contributed by atoms with Crippen LogP contribution in [0.1, 0.15) is 58.2 Å². The van der Waals surface area contributed by atoms with E-state index in [2.05, 4.69) is 32.7 Å². The third-order valence-electron chi connectivity index (χ3n) is 3.53. The van der Waals surface area contributed by atoms with Crippen LogP contribution in [0.15, 0.2) is 30.3 Å². The molecule has 0 aliphatic heterocycles. The van der Waals surface area contributed by atoms with Crippen molar-refractivity contribution < 1.29 is 13.2 Å². The lowest BCUT2D eigenvalue weighted by molar-refractivity contribution is -0.136. The Morgan fingerprint density at radius 1 is 1.00 bits per heavy atom. The van der Waals surface area contributed by atoms with Crippen LogP contribution in [0.5, 0.6) is 0 Å². The molecule has 122 valence electrons. The van der Waals surface area contributed by atoms with Crippen LogP contribution in [0.3, 0.4) is 0 Å². The Morgan fingerprint density at radius 2 is 1.59 bits per heavy atom. The van der Waals surface area contributed by atoms with Crippen molar-refractivity contribution in [2.24, 2.45) is 5.92 Å². The number of hydrogen-bond donors (Lipinski definition) is 0. The van der Waals surface area contributed by atoms with Gasteiger partial charge in [0, 0.05) is 17.0 Å². The van der Waals surface area contributed by atoms with Gasteiger partial charge in [-0.05, 0) is 24.1 Å². The molecule has 0 saturated carbocycles. The average molecular weight is 311 g/mol. The van der Waals surface area contributed by atoms with Crippen LogP contribution < -0.4 is 0 Å². The van der Waals surface area contributed by atoms with Gasteiger partial charge in [-0.2, -0.15) is 13.2 Å². The van der Waals surface area contributed by atoms with Crippen molar-refractivity contribution in [2.45, 2.75) is 53.1 Å². The molecule has 1 atom stereocenters. The molecule has 2 rings (SSSR count). The number of pyridine rings is 1. The highest BCUT2D eigenvalue weighted by atomic mass is 19.4. The second-order valence-corrected chi connectivity index (χ2v) is 5.85. The van der Waals surface area contributed by atoms with E-state index in [4.69, 9.17) is 0 Å². The minimum atomic E-state index is -4.34. The molecule has 1 aromatic carbocycles. The second kappa shape index (κ2) is 7.61. The maximum absolute atomic E-state index is 12.9. The van der Waals surface area contributed by atoms with Gasteiger partial charge in [0.2, 0.25) is 0 Å². The van der Waals surface area contributed by atoms with E-state index in [0.29, 0.717) is 11.4 Å². The standard InChI is InChI=1S/C15H16F3N.C3H8/c1-9(2)10(3)13-8-7-11-12(15(16,17)18)5-4-6-14(11)19-13;1-3-2/h4-10H,1-3H3;3H2,1-2H3. The van der Waals surface area contributed by atoms with Crippen molar-refractivity contribution in [3.63, 3.8) is 0 Å². The lowest BCUT2D eigenvalue weighted by Crippen LogP contribution is -2.08. The highest BCUT2D eigenvalue weighted by molar-refractivity contribution is 5.82. The van der Waals surface area contributed by atoms with Gasteiger partial charge in [-0.25, -0.2) is 0 Å². The van der Waals surface area contributed by atoms with Gasteiger partial charge in [0.05, 0.1) is 11.1 Å². The molecule has 0 amide bonds. The van der Waals surface area contributed by atoms with E-state index in [-0.39, 0.29) is 11.3 Å². The highest BCUT2D eigenvalue weighted by Gasteiger charge is 2.32. The molecule has 0 saturated heterocycles. The van der Waals surface area contributed by atoms with Gasteiger partial charge < -0.3 is 0 Å². The molecule has 4 heteroatoms. The zero-order valence-corrected chi connectivity index (χ0v) is 13.8. The number of hydrogen-bond acceptors (Lipinski definition) is 1. The van der Waals surface area contributed by atoms with Gasteiger partial charge in [-0.3, -0.25) is 4.98 Å². The van der Waals surface area contributed by atoms with E-state index >= 15 is 0 Å². The molecule has 0 fully saturated rings. The van der Waals surface area contributed by atoms with Gasteiger partial charge in [0.25, 0.3) is 0 Å². The molecule has 1 nitrogen and oxygen atoms in total.